The van der Waals surface area contributed by atoms with E-state index in [2.05, 4.69) is 15.6 Å². The first kappa shape index (κ1) is 14.7. The maximum Gasteiger partial charge on any atom is 0.257 e. The van der Waals surface area contributed by atoms with Gasteiger partial charge < -0.3 is 10.6 Å². The second-order valence-corrected chi connectivity index (χ2v) is 5.20. The van der Waals surface area contributed by atoms with Crippen molar-refractivity contribution in [2.75, 3.05) is 17.2 Å². The number of aromatic nitrogens is 1. The zero-order valence-electron chi connectivity index (χ0n) is 10.8. The lowest BCUT2D eigenvalue weighted by Gasteiger charge is -2.08. The molecule has 0 atom stereocenters. The molecule has 1 aromatic heterocycles. The fourth-order valence-electron chi connectivity index (χ4n) is 1.60. The molecule has 1 aromatic carbocycles. The average molecular weight is 385 g/mol. The minimum Gasteiger partial charge on any atom is -0.370 e. The number of benzene rings is 1. The Balaban J connectivity index is 2.11. The molecule has 6 heteroatoms. The van der Waals surface area contributed by atoms with E-state index in [1.165, 1.54) is 24.4 Å². The fraction of sp³-hybridized carbons (Fsp3) is 0.143. The van der Waals surface area contributed by atoms with Crippen molar-refractivity contribution >= 4 is 40.0 Å². The molecule has 104 valence electrons. The summed E-state index contributed by atoms with van der Waals surface area (Å²) in [6, 6.07) is 7.65. The van der Waals surface area contributed by atoms with Crippen LogP contribution >= 0.6 is 22.6 Å². The summed E-state index contributed by atoms with van der Waals surface area (Å²) in [7, 11) is 0. The molecule has 20 heavy (non-hydrogen) atoms. The SMILES string of the molecule is CCNc1ccc(C(=O)Nc2ccc(F)cc2I)cn1. The molecule has 0 radical (unpaired) electrons. The van der Waals surface area contributed by atoms with Crippen molar-refractivity contribution in [3.05, 3.63) is 51.5 Å². The van der Waals surface area contributed by atoms with Gasteiger partial charge in [0.1, 0.15) is 11.6 Å². The highest BCUT2D eigenvalue weighted by atomic mass is 127. The summed E-state index contributed by atoms with van der Waals surface area (Å²) < 4.78 is 13.6. The van der Waals surface area contributed by atoms with Crippen molar-refractivity contribution in [1.29, 1.82) is 0 Å². The number of anilines is 2. The van der Waals surface area contributed by atoms with E-state index in [-0.39, 0.29) is 11.7 Å². The lowest BCUT2D eigenvalue weighted by Crippen LogP contribution is -2.13. The van der Waals surface area contributed by atoms with Crippen LogP contribution in [0.1, 0.15) is 17.3 Å². The lowest BCUT2D eigenvalue weighted by atomic mass is 10.2. The average Bonchev–Trinajstić information content (AvgIpc) is 2.43. The van der Waals surface area contributed by atoms with E-state index >= 15 is 0 Å². The summed E-state index contributed by atoms with van der Waals surface area (Å²) in [5.74, 6) is 0.120. The molecule has 4 nitrogen and oxygen atoms in total. The molecule has 0 aliphatic rings. The van der Waals surface area contributed by atoms with Crippen LogP contribution in [0, 0.1) is 9.39 Å². The fourth-order valence-corrected chi connectivity index (χ4v) is 2.21. The van der Waals surface area contributed by atoms with Crippen LogP contribution < -0.4 is 10.6 Å². The van der Waals surface area contributed by atoms with Crippen molar-refractivity contribution < 1.29 is 9.18 Å². The quantitative estimate of drug-likeness (QED) is 0.793. The number of halogens is 2. The van der Waals surface area contributed by atoms with Crippen molar-refractivity contribution in [2.24, 2.45) is 0 Å². The minimum absolute atomic E-state index is 0.273. The van der Waals surface area contributed by atoms with E-state index in [0.717, 1.165) is 12.4 Å². The van der Waals surface area contributed by atoms with Crippen LogP contribution in [0.25, 0.3) is 0 Å². The van der Waals surface area contributed by atoms with Crippen molar-refractivity contribution in [3.63, 3.8) is 0 Å². The summed E-state index contributed by atoms with van der Waals surface area (Å²) in [6.07, 6.45) is 1.50. The second-order valence-electron chi connectivity index (χ2n) is 4.04. The molecule has 2 rings (SSSR count). The first-order valence-electron chi connectivity index (χ1n) is 6.06. The molecular formula is C14H13FIN3O. The molecule has 0 aliphatic carbocycles. The number of nitrogens with one attached hydrogen (secondary N) is 2. The summed E-state index contributed by atoms with van der Waals surface area (Å²) >= 11 is 1.97. The summed E-state index contributed by atoms with van der Waals surface area (Å²) in [6.45, 7) is 2.74. The van der Waals surface area contributed by atoms with Crippen LogP contribution in [0.15, 0.2) is 36.5 Å². The maximum absolute atomic E-state index is 13.0. The molecule has 1 heterocycles. The standard InChI is InChI=1S/C14H13FIN3O/c1-2-17-13-6-3-9(8-18-13)14(20)19-12-5-4-10(15)7-11(12)16/h3-8H,2H2,1H3,(H,17,18)(H,19,20). The highest BCUT2D eigenvalue weighted by molar-refractivity contribution is 14.1. The number of amides is 1. The van der Waals surface area contributed by atoms with Gasteiger partial charge in [-0.1, -0.05) is 0 Å². The zero-order valence-corrected chi connectivity index (χ0v) is 12.9. The van der Waals surface area contributed by atoms with Gasteiger partial charge in [0.15, 0.2) is 0 Å². The van der Waals surface area contributed by atoms with Gasteiger partial charge >= 0.3 is 0 Å². The van der Waals surface area contributed by atoms with Gasteiger partial charge in [-0.3, -0.25) is 4.79 Å². The highest BCUT2D eigenvalue weighted by Crippen LogP contribution is 2.19. The van der Waals surface area contributed by atoms with Crippen molar-refractivity contribution in [3.8, 4) is 0 Å². The van der Waals surface area contributed by atoms with E-state index in [1.807, 2.05) is 29.5 Å². The monoisotopic (exact) mass is 385 g/mol. The summed E-state index contributed by atoms with van der Waals surface area (Å²) in [5.41, 5.74) is 1.03. The number of nitrogens with zero attached hydrogens (tertiary/aromatic N) is 1. The number of carbonyl (C=O) groups is 1. The Bertz CT molecular complexity index is 616. The van der Waals surface area contributed by atoms with Gasteiger partial charge in [-0.2, -0.15) is 0 Å². The van der Waals surface area contributed by atoms with Gasteiger partial charge in [-0.25, -0.2) is 9.37 Å². The first-order chi connectivity index (χ1) is 9.60. The Morgan fingerprint density at radius 2 is 2.15 bits per heavy atom. The van der Waals surface area contributed by atoms with Crippen LogP contribution in [-0.4, -0.2) is 17.4 Å². The highest BCUT2D eigenvalue weighted by Gasteiger charge is 2.09. The topological polar surface area (TPSA) is 54.0 Å². The van der Waals surface area contributed by atoms with Crippen LogP contribution in [0.3, 0.4) is 0 Å². The summed E-state index contributed by atoms with van der Waals surface area (Å²) in [4.78, 5) is 16.2. The molecule has 0 fully saturated rings. The molecule has 2 aromatic rings. The van der Waals surface area contributed by atoms with Gasteiger partial charge in [0.05, 0.1) is 11.3 Å². The van der Waals surface area contributed by atoms with Crippen LogP contribution in [0.5, 0.6) is 0 Å². The molecule has 0 aliphatic heterocycles. The third-order valence-electron chi connectivity index (χ3n) is 2.56. The maximum atomic E-state index is 13.0. The first-order valence-corrected chi connectivity index (χ1v) is 7.14. The van der Waals surface area contributed by atoms with Gasteiger partial charge in [0.25, 0.3) is 5.91 Å². The number of hydrogen-bond acceptors (Lipinski definition) is 3. The van der Waals surface area contributed by atoms with Crippen LogP contribution in [-0.2, 0) is 0 Å². The van der Waals surface area contributed by atoms with E-state index in [1.54, 1.807) is 12.1 Å². The Morgan fingerprint density at radius 1 is 1.35 bits per heavy atom. The molecular weight excluding hydrogens is 372 g/mol. The largest absolute Gasteiger partial charge is 0.370 e. The molecule has 2 N–H and O–H groups in total. The van der Waals surface area contributed by atoms with E-state index in [0.29, 0.717) is 14.8 Å². The molecule has 0 unspecified atom stereocenters. The Kier molecular flexibility index (Phi) is 4.89. The molecule has 0 bridgehead atoms. The predicted molar refractivity (Wildman–Crippen MR) is 85.5 cm³/mol. The van der Waals surface area contributed by atoms with Gasteiger partial charge in [-0.05, 0) is 59.8 Å². The van der Waals surface area contributed by atoms with Gasteiger partial charge in [0, 0.05) is 16.3 Å². The number of carbonyl (C=O) groups excluding carboxylic acids is 1. The predicted octanol–water partition coefficient (Wildman–Crippen LogP) is 3.51. The summed E-state index contributed by atoms with van der Waals surface area (Å²) in [5, 5.41) is 5.78. The van der Waals surface area contributed by atoms with Crippen LogP contribution in [0.4, 0.5) is 15.9 Å². The second kappa shape index (κ2) is 6.65. The van der Waals surface area contributed by atoms with E-state index in [9.17, 15) is 9.18 Å². The number of hydrogen-bond donors (Lipinski definition) is 2. The Morgan fingerprint density at radius 3 is 2.75 bits per heavy atom. The van der Waals surface area contributed by atoms with Crippen molar-refractivity contribution in [2.45, 2.75) is 6.92 Å². The van der Waals surface area contributed by atoms with E-state index < -0.39 is 0 Å². The Hall–Kier alpha value is -1.70. The molecule has 0 spiro atoms. The zero-order chi connectivity index (χ0) is 14.5. The van der Waals surface area contributed by atoms with Gasteiger partial charge in [-0.15, -0.1) is 0 Å². The number of rotatable bonds is 4. The van der Waals surface area contributed by atoms with E-state index in [4.69, 9.17) is 0 Å². The molecule has 0 saturated carbocycles. The lowest BCUT2D eigenvalue weighted by molar-refractivity contribution is 0.102. The minimum atomic E-state index is -0.330. The smallest absolute Gasteiger partial charge is 0.257 e. The van der Waals surface area contributed by atoms with Crippen molar-refractivity contribution in [1.82, 2.24) is 4.98 Å². The normalized spacial score (nSPS) is 10.2. The Labute approximate surface area is 129 Å². The third-order valence-corrected chi connectivity index (χ3v) is 3.46. The number of pyridine rings is 1. The van der Waals surface area contributed by atoms with Gasteiger partial charge in [0.2, 0.25) is 0 Å². The molecule has 1 amide bonds. The molecule has 0 saturated heterocycles. The third kappa shape index (κ3) is 3.66. The van der Waals surface area contributed by atoms with Crippen LogP contribution in [0.2, 0.25) is 0 Å².